The van der Waals surface area contributed by atoms with E-state index in [0.717, 1.165) is 12.2 Å². The lowest BCUT2D eigenvalue weighted by atomic mass is 10.1. The Morgan fingerprint density at radius 1 is 1.32 bits per heavy atom. The molecule has 0 bridgehead atoms. The number of aliphatic imine (C=N–C) groups is 1. The number of aryl methyl sites for hydroxylation is 2. The van der Waals surface area contributed by atoms with E-state index < -0.39 is 0 Å². The van der Waals surface area contributed by atoms with E-state index in [1.807, 2.05) is 11.8 Å². The Labute approximate surface area is 119 Å². The lowest BCUT2D eigenvalue weighted by Gasteiger charge is -2.09. The first-order chi connectivity index (χ1) is 9.31. The van der Waals surface area contributed by atoms with Crippen LogP contribution in [0.25, 0.3) is 0 Å². The number of nitrogens with zero attached hydrogens (tertiary/aromatic N) is 1. The summed E-state index contributed by atoms with van der Waals surface area (Å²) in [5.41, 5.74) is 9.98. The Morgan fingerprint density at radius 3 is 3.05 bits per heavy atom. The van der Waals surface area contributed by atoms with Gasteiger partial charge in [0.15, 0.2) is 5.96 Å². The van der Waals surface area contributed by atoms with Crippen LogP contribution in [0.3, 0.4) is 0 Å². The second-order valence-corrected chi connectivity index (χ2v) is 6.73. The van der Waals surface area contributed by atoms with Crippen molar-refractivity contribution in [3.05, 3.63) is 29.3 Å². The fourth-order valence-electron chi connectivity index (χ4n) is 2.83. The summed E-state index contributed by atoms with van der Waals surface area (Å²) in [6, 6.07) is 6.54. The van der Waals surface area contributed by atoms with Crippen LogP contribution in [-0.4, -0.2) is 23.5 Å². The standard InChI is InChI=1S/C15H21N3S/c16-15(17-10-14-5-2-8-19-14)18-13-7-6-11-3-1-4-12(11)9-13/h6-7,9,14H,1-5,8,10H2,(H3,16,17,18). The first-order valence-corrected chi connectivity index (χ1v) is 8.16. The molecular formula is C15H21N3S. The highest BCUT2D eigenvalue weighted by atomic mass is 32.2. The zero-order chi connectivity index (χ0) is 13.1. The lowest BCUT2D eigenvalue weighted by molar-refractivity contribution is 0.786. The third-order valence-electron chi connectivity index (χ3n) is 3.86. The van der Waals surface area contributed by atoms with Gasteiger partial charge in [-0.15, -0.1) is 0 Å². The monoisotopic (exact) mass is 275 g/mol. The van der Waals surface area contributed by atoms with Crippen molar-refractivity contribution < 1.29 is 0 Å². The number of guanidine groups is 1. The van der Waals surface area contributed by atoms with Gasteiger partial charge in [-0.25, -0.2) is 0 Å². The Morgan fingerprint density at radius 2 is 2.21 bits per heavy atom. The van der Waals surface area contributed by atoms with Crippen molar-refractivity contribution in [1.82, 2.24) is 0 Å². The van der Waals surface area contributed by atoms with Gasteiger partial charge >= 0.3 is 0 Å². The second-order valence-electron chi connectivity index (χ2n) is 5.32. The van der Waals surface area contributed by atoms with Gasteiger partial charge in [-0.1, -0.05) is 6.07 Å². The molecule has 0 saturated carbocycles. The maximum atomic E-state index is 5.96. The molecule has 3 rings (SSSR count). The van der Waals surface area contributed by atoms with E-state index in [1.54, 1.807) is 0 Å². The molecule has 1 aliphatic heterocycles. The van der Waals surface area contributed by atoms with Crippen LogP contribution in [0.2, 0.25) is 0 Å². The van der Waals surface area contributed by atoms with Crippen LogP contribution >= 0.6 is 11.8 Å². The zero-order valence-electron chi connectivity index (χ0n) is 11.2. The number of hydrogen-bond acceptors (Lipinski definition) is 2. The molecule has 0 radical (unpaired) electrons. The molecule has 4 heteroatoms. The van der Waals surface area contributed by atoms with Crippen molar-refractivity contribution in [2.75, 3.05) is 17.6 Å². The van der Waals surface area contributed by atoms with E-state index in [9.17, 15) is 0 Å². The van der Waals surface area contributed by atoms with E-state index in [0.29, 0.717) is 11.2 Å². The molecule has 1 aliphatic carbocycles. The Hall–Kier alpha value is -1.16. The lowest BCUT2D eigenvalue weighted by Crippen LogP contribution is -2.24. The predicted molar refractivity (Wildman–Crippen MR) is 84.1 cm³/mol. The molecule has 1 aromatic carbocycles. The van der Waals surface area contributed by atoms with Gasteiger partial charge in [0.05, 0.1) is 6.54 Å². The molecule has 1 heterocycles. The zero-order valence-corrected chi connectivity index (χ0v) is 12.0. The number of rotatable bonds is 3. The maximum Gasteiger partial charge on any atom is 0.193 e. The minimum absolute atomic E-state index is 0.547. The van der Waals surface area contributed by atoms with Crippen LogP contribution in [-0.2, 0) is 12.8 Å². The number of nitrogens with two attached hydrogens (primary N) is 1. The first-order valence-electron chi connectivity index (χ1n) is 7.11. The number of nitrogens with one attached hydrogen (secondary N) is 1. The quantitative estimate of drug-likeness (QED) is 0.659. The van der Waals surface area contributed by atoms with Gasteiger partial charge in [-0.05, 0) is 61.1 Å². The number of hydrogen-bond donors (Lipinski definition) is 2. The maximum absolute atomic E-state index is 5.96. The summed E-state index contributed by atoms with van der Waals surface area (Å²) in [5, 5.41) is 3.88. The van der Waals surface area contributed by atoms with Gasteiger partial charge in [0.25, 0.3) is 0 Å². The summed E-state index contributed by atoms with van der Waals surface area (Å²) in [7, 11) is 0. The van der Waals surface area contributed by atoms with E-state index in [-0.39, 0.29) is 0 Å². The largest absolute Gasteiger partial charge is 0.370 e. The third kappa shape index (κ3) is 3.24. The molecular weight excluding hydrogens is 254 g/mol. The van der Waals surface area contributed by atoms with Crippen molar-refractivity contribution in [3.8, 4) is 0 Å². The average molecular weight is 275 g/mol. The molecule has 0 spiro atoms. The van der Waals surface area contributed by atoms with Crippen LogP contribution < -0.4 is 11.1 Å². The summed E-state index contributed by atoms with van der Waals surface area (Å²) in [6.45, 7) is 0.842. The van der Waals surface area contributed by atoms with Crippen LogP contribution in [0.4, 0.5) is 5.69 Å². The fraction of sp³-hybridized carbons (Fsp3) is 0.533. The average Bonchev–Trinajstić information content (AvgIpc) is 3.07. The number of thioether (sulfide) groups is 1. The molecule has 1 aromatic rings. The molecule has 3 nitrogen and oxygen atoms in total. The van der Waals surface area contributed by atoms with E-state index in [1.165, 1.54) is 49.0 Å². The molecule has 2 aliphatic rings. The summed E-state index contributed by atoms with van der Waals surface area (Å²) in [4.78, 5) is 4.46. The van der Waals surface area contributed by atoms with Gasteiger partial charge in [0.1, 0.15) is 0 Å². The highest BCUT2D eigenvalue weighted by Crippen LogP contribution is 2.26. The molecule has 0 amide bonds. The van der Waals surface area contributed by atoms with E-state index in [4.69, 9.17) is 5.73 Å². The SMILES string of the molecule is NC(=NCC1CCCS1)Nc1ccc2c(c1)CCC2. The minimum Gasteiger partial charge on any atom is -0.370 e. The number of fused-ring (bicyclic) bond motifs is 1. The summed E-state index contributed by atoms with van der Waals surface area (Å²) in [5.74, 6) is 1.82. The fourth-order valence-corrected chi connectivity index (χ4v) is 4.01. The number of anilines is 1. The van der Waals surface area contributed by atoms with Gasteiger partial charge in [-0.2, -0.15) is 11.8 Å². The highest BCUT2D eigenvalue weighted by Gasteiger charge is 2.15. The summed E-state index contributed by atoms with van der Waals surface area (Å²) >= 11 is 2.02. The molecule has 102 valence electrons. The van der Waals surface area contributed by atoms with Crippen molar-refractivity contribution in [1.29, 1.82) is 0 Å². The Balaban J connectivity index is 1.59. The van der Waals surface area contributed by atoms with Crippen LogP contribution in [0.1, 0.15) is 30.4 Å². The number of benzene rings is 1. The van der Waals surface area contributed by atoms with Gasteiger partial charge < -0.3 is 11.1 Å². The molecule has 1 saturated heterocycles. The predicted octanol–water partition coefficient (Wildman–Crippen LogP) is 2.80. The summed E-state index contributed by atoms with van der Waals surface area (Å²) in [6.07, 6.45) is 6.29. The van der Waals surface area contributed by atoms with Crippen LogP contribution in [0.5, 0.6) is 0 Å². The highest BCUT2D eigenvalue weighted by molar-refractivity contribution is 8.00. The van der Waals surface area contributed by atoms with Gasteiger partial charge in [0.2, 0.25) is 0 Å². The Kier molecular flexibility index (Phi) is 3.97. The minimum atomic E-state index is 0.547. The van der Waals surface area contributed by atoms with Gasteiger partial charge in [0, 0.05) is 10.9 Å². The van der Waals surface area contributed by atoms with Gasteiger partial charge in [-0.3, -0.25) is 4.99 Å². The van der Waals surface area contributed by atoms with Crippen molar-refractivity contribution in [3.63, 3.8) is 0 Å². The van der Waals surface area contributed by atoms with Crippen molar-refractivity contribution in [2.45, 2.75) is 37.4 Å². The molecule has 1 atom stereocenters. The third-order valence-corrected chi connectivity index (χ3v) is 5.24. The van der Waals surface area contributed by atoms with Crippen LogP contribution in [0, 0.1) is 0 Å². The molecule has 1 unspecified atom stereocenters. The van der Waals surface area contributed by atoms with Crippen molar-refractivity contribution >= 4 is 23.4 Å². The Bertz CT molecular complexity index is 478. The topological polar surface area (TPSA) is 50.4 Å². The normalized spacial score (nSPS) is 22.5. The van der Waals surface area contributed by atoms with Crippen LogP contribution in [0.15, 0.2) is 23.2 Å². The molecule has 0 aromatic heterocycles. The molecule has 19 heavy (non-hydrogen) atoms. The van der Waals surface area contributed by atoms with Crippen molar-refractivity contribution in [2.24, 2.45) is 10.7 Å². The first kappa shape index (κ1) is 12.9. The summed E-state index contributed by atoms with van der Waals surface area (Å²) < 4.78 is 0. The van der Waals surface area contributed by atoms with E-state index >= 15 is 0 Å². The van der Waals surface area contributed by atoms with E-state index in [2.05, 4.69) is 28.5 Å². The second kappa shape index (κ2) is 5.87. The smallest absolute Gasteiger partial charge is 0.193 e. The molecule has 3 N–H and O–H groups in total. The molecule has 1 fully saturated rings.